The summed E-state index contributed by atoms with van der Waals surface area (Å²) in [5.41, 5.74) is 6.83. The highest BCUT2D eigenvalue weighted by Gasteiger charge is 2.15. The second-order valence-electron chi connectivity index (χ2n) is 7.23. The largest absolute Gasteiger partial charge is 0.495 e. The molecule has 150 valence electrons. The average molecular weight is 424 g/mol. The number of pyridine rings is 2. The number of ether oxygens (including phenoxy) is 1. The van der Waals surface area contributed by atoms with Crippen LogP contribution in [0.2, 0.25) is 0 Å². The quantitative estimate of drug-likeness (QED) is 0.370. The molecule has 0 spiro atoms. The number of thiophene rings is 1. The van der Waals surface area contributed by atoms with Crippen LogP contribution in [0.15, 0.2) is 72.5 Å². The van der Waals surface area contributed by atoms with Crippen LogP contribution in [0.25, 0.3) is 54.9 Å². The normalized spacial score (nSPS) is 11.4. The molecule has 0 aliphatic carbocycles. The number of aromatic amines is 2. The number of benzene rings is 1. The predicted molar refractivity (Wildman–Crippen MR) is 124 cm³/mol. The van der Waals surface area contributed by atoms with Crippen molar-refractivity contribution >= 4 is 33.3 Å². The van der Waals surface area contributed by atoms with Crippen molar-refractivity contribution in [2.45, 2.75) is 0 Å². The van der Waals surface area contributed by atoms with E-state index in [1.54, 1.807) is 24.6 Å². The fraction of sp³-hybridized carbons (Fsp3) is 0.0417. The molecule has 0 aliphatic rings. The Kier molecular flexibility index (Phi) is 4.07. The van der Waals surface area contributed by atoms with Crippen LogP contribution in [0.5, 0.6) is 5.75 Å². The number of aromatic nitrogens is 5. The van der Waals surface area contributed by atoms with E-state index in [1.165, 1.54) is 10.4 Å². The van der Waals surface area contributed by atoms with Gasteiger partial charge in [-0.15, -0.1) is 11.3 Å². The molecule has 0 fully saturated rings. The van der Waals surface area contributed by atoms with Crippen LogP contribution in [-0.4, -0.2) is 32.3 Å². The van der Waals surface area contributed by atoms with Gasteiger partial charge in [0.05, 0.1) is 24.5 Å². The standard InChI is InChI=1S/C24H17N5OS/c1-30-16-9-15(12-25-13-16)14-4-5-20-19(10-14)23(29-28-20)21-11-18-17(22-3-2-8-31-22)6-7-26-24(18)27-21/h2-13H,1H3,(H,26,27)(H,28,29). The summed E-state index contributed by atoms with van der Waals surface area (Å²) >= 11 is 1.72. The molecule has 6 aromatic rings. The maximum absolute atomic E-state index is 5.33. The minimum atomic E-state index is 0.729. The van der Waals surface area contributed by atoms with Gasteiger partial charge in [-0.05, 0) is 47.3 Å². The van der Waals surface area contributed by atoms with Gasteiger partial charge in [-0.3, -0.25) is 10.1 Å². The molecule has 0 saturated carbocycles. The van der Waals surface area contributed by atoms with Crippen LogP contribution in [0.3, 0.4) is 0 Å². The van der Waals surface area contributed by atoms with Gasteiger partial charge in [-0.25, -0.2) is 4.98 Å². The number of fused-ring (bicyclic) bond motifs is 2. The monoisotopic (exact) mass is 423 g/mol. The Morgan fingerprint density at radius 3 is 2.81 bits per heavy atom. The fourth-order valence-corrected chi connectivity index (χ4v) is 4.65. The number of hydrogen-bond donors (Lipinski definition) is 2. The molecular formula is C24H17N5OS. The van der Waals surface area contributed by atoms with E-state index in [2.05, 4.69) is 66.9 Å². The number of nitrogens with one attached hydrogen (secondary N) is 2. The van der Waals surface area contributed by atoms with E-state index in [9.17, 15) is 0 Å². The Morgan fingerprint density at radius 1 is 0.968 bits per heavy atom. The van der Waals surface area contributed by atoms with Gasteiger partial charge in [-0.2, -0.15) is 5.10 Å². The highest BCUT2D eigenvalue weighted by Crippen LogP contribution is 2.36. The predicted octanol–water partition coefficient (Wildman–Crippen LogP) is 5.91. The van der Waals surface area contributed by atoms with Crippen molar-refractivity contribution in [3.05, 3.63) is 72.5 Å². The maximum atomic E-state index is 5.33. The Balaban J connectivity index is 1.50. The highest BCUT2D eigenvalue weighted by molar-refractivity contribution is 7.13. The number of rotatable bonds is 4. The zero-order valence-electron chi connectivity index (χ0n) is 16.6. The molecular weight excluding hydrogens is 406 g/mol. The van der Waals surface area contributed by atoms with Crippen molar-refractivity contribution < 1.29 is 4.74 Å². The molecule has 0 unspecified atom stereocenters. The van der Waals surface area contributed by atoms with Gasteiger partial charge in [0.15, 0.2) is 0 Å². The molecule has 7 heteroatoms. The molecule has 5 heterocycles. The van der Waals surface area contributed by atoms with Gasteiger partial charge in [0.1, 0.15) is 17.1 Å². The van der Waals surface area contributed by atoms with Crippen molar-refractivity contribution in [1.82, 2.24) is 25.1 Å². The number of H-pyrrole nitrogens is 2. The summed E-state index contributed by atoms with van der Waals surface area (Å²) in [5.74, 6) is 0.729. The average Bonchev–Trinajstić information content (AvgIpc) is 3.57. The highest BCUT2D eigenvalue weighted by atomic mass is 32.1. The van der Waals surface area contributed by atoms with E-state index < -0.39 is 0 Å². The molecule has 31 heavy (non-hydrogen) atoms. The summed E-state index contributed by atoms with van der Waals surface area (Å²) in [4.78, 5) is 13.5. The van der Waals surface area contributed by atoms with E-state index in [0.29, 0.717) is 0 Å². The second kappa shape index (κ2) is 7.07. The van der Waals surface area contributed by atoms with E-state index in [0.717, 1.165) is 50.2 Å². The third kappa shape index (κ3) is 2.98. The van der Waals surface area contributed by atoms with E-state index in [-0.39, 0.29) is 0 Å². The van der Waals surface area contributed by atoms with Crippen LogP contribution >= 0.6 is 11.3 Å². The Labute approximate surface area is 181 Å². The third-order valence-corrected chi connectivity index (χ3v) is 6.32. The minimum absolute atomic E-state index is 0.729. The van der Waals surface area contributed by atoms with E-state index in [1.807, 2.05) is 24.5 Å². The first-order valence-electron chi connectivity index (χ1n) is 9.80. The summed E-state index contributed by atoms with van der Waals surface area (Å²) in [6.07, 6.45) is 5.38. The zero-order chi connectivity index (χ0) is 20.8. The fourth-order valence-electron chi connectivity index (χ4n) is 3.89. The van der Waals surface area contributed by atoms with Crippen molar-refractivity contribution in [3.63, 3.8) is 0 Å². The molecule has 0 aliphatic heterocycles. The van der Waals surface area contributed by atoms with Crippen LogP contribution in [-0.2, 0) is 0 Å². The van der Waals surface area contributed by atoms with E-state index in [4.69, 9.17) is 4.74 Å². The molecule has 6 rings (SSSR count). The summed E-state index contributed by atoms with van der Waals surface area (Å²) in [5, 5.41) is 12.0. The van der Waals surface area contributed by atoms with Crippen LogP contribution in [0.4, 0.5) is 0 Å². The van der Waals surface area contributed by atoms with Crippen LogP contribution < -0.4 is 4.74 Å². The van der Waals surface area contributed by atoms with Crippen molar-refractivity contribution in [2.75, 3.05) is 7.11 Å². The van der Waals surface area contributed by atoms with Crippen LogP contribution in [0, 0.1) is 0 Å². The summed E-state index contributed by atoms with van der Waals surface area (Å²) < 4.78 is 5.33. The molecule has 0 atom stereocenters. The molecule has 0 saturated heterocycles. The Hall–Kier alpha value is -3.97. The first-order valence-corrected chi connectivity index (χ1v) is 10.7. The second-order valence-corrected chi connectivity index (χ2v) is 8.17. The third-order valence-electron chi connectivity index (χ3n) is 5.42. The number of methoxy groups -OCH3 is 1. The molecule has 0 radical (unpaired) electrons. The SMILES string of the molecule is COc1cncc(-c2ccc3[nH]nc(-c4cc5c(-c6cccs6)ccnc5[nH]4)c3c2)c1. The van der Waals surface area contributed by atoms with Gasteiger partial charge in [0, 0.05) is 39.2 Å². The van der Waals surface area contributed by atoms with Gasteiger partial charge >= 0.3 is 0 Å². The first-order chi connectivity index (χ1) is 15.3. The summed E-state index contributed by atoms with van der Waals surface area (Å²) in [6.45, 7) is 0. The Bertz CT molecular complexity index is 1530. The molecule has 5 aromatic heterocycles. The van der Waals surface area contributed by atoms with Crippen molar-refractivity contribution in [1.29, 1.82) is 0 Å². The summed E-state index contributed by atoms with van der Waals surface area (Å²) in [7, 11) is 1.65. The smallest absolute Gasteiger partial charge is 0.138 e. The van der Waals surface area contributed by atoms with Crippen molar-refractivity contribution in [2.24, 2.45) is 0 Å². The molecule has 0 bridgehead atoms. The molecule has 6 nitrogen and oxygen atoms in total. The molecule has 2 N–H and O–H groups in total. The number of nitrogens with zero attached hydrogens (tertiary/aromatic N) is 3. The van der Waals surface area contributed by atoms with Gasteiger partial charge in [0.25, 0.3) is 0 Å². The number of hydrogen-bond acceptors (Lipinski definition) is 5. The minimum Gasteiger partial charge on any atom is -0.495 e. The first kappa shape index (κ1) is 17.9. The lowest BCUT2D eigenvalue weighted by atomic mass is 10.0. The van der Waals surface area contributed by atoms with Gasteiger partial charge in [-0.1, -0.05) is 12.1 Å². The maximum Gasteiger partial charge on any atom is 0.138 e. The summed E-state index contributed by atoms with van der Waals surface area (Å²) in [6, 6.07) is 16.6. The van der Waals surface area contributed by atoms with E-state index >= 15 is 0 Å². The van der Waals surface area contributed by atoms with Gasteiger partial charge < -0.3 is 9.72 Å². The van der Waals surface area contributed by atoms with Crippen LogP contribution in [0.1, 0.15) is 0 Å². The lowest BCUT2D eigenvalue weighted by Crippen LogP contribution is -1.86. The molecule has 1 aromatic carbocycles. The lowest BCUT2D eigenvalue weighted by molar-refractivity contribution is 0.413. The zero-order valence-corrected chi connectivity index (χ0v) is 17.4. The molecule has 0 amide bonds. The topological polar surface area (TPSA) is 79.5 Å². The Morgan fingerprint density at radius 2 is 1.94 bits per heavy atom. The van der Waals surface area contributed by atoms with Crippen molar-refractivity contribution in [3.8, 4) is 38.7 Å². The van der Waals surface area contributed by atoms with Gasteiger partial charge in [0.2, 0.25) is 0 Å². The lowest BCUT2D eigenvalue weighted by Gasteiger charge is -2.04.